The van der Waals surface area contributed by atoms with Gasteiger partial charge in [-0.05, 0) is 79.6 Å². The van der Waals surface area contributed by atoms with Crippen molar-refractivity contribution in [2.45, 2.75) is 52.9 Å². The molecule has 1 aliphatic carbocycles. The molecule has 0 spiro atoms. The van der Waals surface area contributed by atoms with Gasteiger partial charge in [-0.2, -0.15) is 0 Å². The number of carbonyl (C=O) groups is 2. The van der Waals surface area contributed by atoms with Gasteiger partial charge in [0.15, 0.2) is 5.78 Å². The Morgan fingerprint density at radius 2 is 1.66 bits per heavy atom. The number of carbonyl (C=O) groups excluding carboxylic acids is 2. The average Bonchev–Trinajstić information content (AvgIpc) is 2.76. The third kappa shape index (κ3) is 4.03. The number of aryl methyl sites for hydroxylation is 2. The van der Waals surface area contributed by atoms with Crippen LogP contribution in [-0.2, 0) is 6.42 Å². The zero-order valence-electron chi connectivity index (χ0n) is 19.0. The molecule has 0 saturated carbocycles. The number of pyridine rings is 1. The van der Waals surface area contributed by atoms with Crippen molar-refractivity contribution in [2.24, 2.45) is 0 Å². The van der Waals surface area contributed by atoms with Gasteiger partial charge in [0.25, 0.3) is 11.5 Å². The molecule has 0 aliphatic heterocycles. The van der Waals surface area contributed by atoms with E-state index in [0.29, 0.717) is 47.8 Å². The summed E-state index contributed by atoms with van der Waals surface area (Å²) < 4.78 is 1.55. The number of hydrogen-bond donors (Lipinski definition) is 1. The lowest BCUT2D eigenvalue weighted by Crippen LogP contribution is -2.33. The first-order chi connectivity index (χ1) is 15.3. The zero-order chi connectivity index (χ0) is 23.0. The van der Waals surface area contributed by atoms with Crippen molar-refractivity contribution in [1.82, 2.24) is 4.57 Å². The van der Waals surface area contributed by atoms with Crippen LogP contribution in [0.2, 0.25) is 0 Å². The maximum atomic E-state index is 13.5. The number of aromatic nitrogens is 1. The highest BCUT2D eigenvalue weighted by atomic mass is 16.2. The standard InChI is InChI=1S/C27H28N2O3/c1-16(2)19-9-12-21(13-10-19)29-24-6-5-7-25(30)22(24)15-23(27(29)32)26(31)28-20-11-8-17(3)18(4)14-20/h8-16H,5-7H2,1-4H3,(H,28,31). The summed E-state index contributed by atoms with van der Waals surface area (Å²) in [5.41, 5.74) is 5.35. The average molecular weight is 429 g/mol. The molecule has 5 nitrogen and oxygen atoms in total. The van der Waals surface area contributed by atoms with Gasteiger partial charge < -0.3 is 5.32 Å². The molecule has 0 saturated heterocycles. The number of amides is 1. The summed E-state index contributed by atoms with van der Waals surface area (Å²) in [5, 5.41) is 2.83. The fourth-order valence-corrected chi connectivity index (χ4v) is 4.15. The Labute approximate surface area is 188 Å². The Bertz CT molecular complexity index is 1270. The summed E-state index contributed by atoms with van der Waals surface area (Å²) in [7, 11) is 0. The predicted octanol–water partition coefficient (Wildman–Crippen LogP) is 5.35. The highest BCUT2D eigenvalue weighted by Gasteiger charge is 2.26. The SMILES string of the molecule is Cc1ccc(NC(=O)c2cc3c(n(-c4ccc(C(C)C)cc4)c2=O)CCCC3=O)cc1C. The van der Waals surface area contributed by atoms with E-state index in [4.69, 9.17) is 0 Å². The molecule has 5 heteroatoms. The topological polar surface area (TPSA) is 68.2 Å². The molecule has 1 N–H and O–H groups in total. The van der Waals surface area contributed by atoms with Gasteiger partial charge in [0.05, 0.1) is 0 Å². The van der Waals surface area contributed by atoms with E-state index in [1.807, 2.05) is 56.3 Å². The number of fused-ring (bicyclic) bond motifs is 1. The van der Waals surface area contributed by atoms with Gasteiger partial charge in [-0.25, -0.2) is 0 Å². The van der Waals surface area contributed by atoms with E-state index >= 15 is 0 Å². The van der Waals surface area contributed by atoms with E-state index in [1.165, 1.54) is 6.07 Å². The van der Waals surface area contributed by atoms with Crippen LogP contribution in [0.4, 0.5) is 5.69 Å². The lowest BCUT2D eigenvalue weighted by Gasteiger charge is -2.22. The number of nitrogens with one attached hydrogen (secondary N) is 1. The van der Waals surface area contributed by atoms with Crippen molar-refractivity contribution in [3.63, 3.8) is 0 Å². The molecular weight excluding hydrogens is 400 g/mol. The number of benzene rings is 2. The van der Waals surface area contributed by atoms with Crippen molar-refractivity contribution in [3.05, 3.63) is 92.4 Å². The number of anilines is 1. The monoisotopic (exact) mass is 428 g/mol. The second kappa shape index (κ2) is 8.58. The molecule has 1 amide bonds. The van der Waals surface area contributed by atoms with E-state index in [2.05, 4.69) is 19.2 Å². The van der Waals surface area contributed by atoms with E-state index in [-0.39, 0.29) is 11.3 Å². The van der Waals surface area contributed by atoms with Crippen LogP contribution < -0.4 is 10.9 Å². The summed E-state index contributed by atoms with van der Waals surface area (Å²) >= 11 is 0. The summed E-state index contributed by atoms with van der Waals surface area (Å²) in [5.74, 6) is -0.169. The van der Waals surface area contributed by atoms with Crippen molar-refractivity contribution in [1.29, 1.82) is 0 Å². The first-order valence-corrected chi connectivity index (χ1v) is 11.1. The third-order valence-corrected chi connectivity index (χ3v) is 6.25. The number of ketones is 1. The van der Waals surface area contributed by atoms with Crippen LogP contribution in [0.15, 0.2) is 53.3 Å². The van der Waals surface area contributed by atoms with Crippen molar-refractivity contribution in [3.8, 4) is 5.69 Å². The zero-order valence-corrected chi connectivity index (χ0v) is 19.0. The summed E-state index contributed by atoms with van der Waals surface area (Å²) in [4.78, 5) is 39.3. The Morgan fingerprint density at radius 1 is 0.938 bits per heavy atom. The van der Waals surface area contributed by atoms with E-state index in [0.717, 1.165) is 16.7 Å². The molecular formula is C27H28N2O3. The Hall–Kier alpha value is -3.47. The van der Waals surface area contributed by atoms with Crippen LogP contribution in [0.25, 0.3) is 5.69 Å². The fraction of sp³-hybridized carbons (Fsp3) is 0.296. The molecule has 1 heterocycles. The van der Waals surface area contributed by atoms with Crippen LogP contribution in [0.1, 0.15) is 75.7 Å². The Balaban J connectivity index is 1.83. The molecule has 0 fully saturated rings. The highest BCUT2D eigenvalue weighted by Crippen LogP contribution is 2.25. The maximum absolute atomic E-state index is 13.5. The summed E-state index contributed by atoms with van der Waals surface area (Å²) in [6.07, 6.45) is 1.75. The van der Waals surface area contributed by atoms with Crippen LogP contribution >= 0.6 is 0 Å². The van der Waals surface area contributed by atoms with Gasteiger partial charge in [0.1, 0.15) is 5.56 Å². The van der Waals surface area contributed by atoms with Gasteiger partial charge in [0, 0.05) is 29.1 Å². The van der Waals surface area contributed by atoms with Gasteiger partial charge in [-0.1, -0.05) is 32.0 Å². The molecule has 4 rings (SSSR count). The quantitative estimate of drug-likeness (QED) is 0.609. The third-order valence-electron chi connectivity index (χ3n) is 6.25. The molecule has 164 valence electrons. The van der Waals surface area contributed by atoms with E-state index in [9.17, 15) is 14.4 Å². The first kappa shape index (κ1) is 21.8. The molecule has 1 aromatic heterocycles. The normalized spacial score (nSPS) is 13.2. The molecule has 0 radical (unpaired) electrons. The molecule has 32 heavy (non-hydrogen) atoms. The predicted molar refractivity (Wildman–Crippen MR) is 127 cm³/mol. The number of Topliss-reactive ketones (excluding diaryl/α,β-unsaturated/α-hetero) is 1. The summed E-state index contributed by atoms with van der Waals surface area (Å²) in [6.45, 7) is 8.19. The second-order valence-corrected chi connectivity index (χ2v) is 8.84. The minimum absolute atomic E-state index is 0.0230. The fourth-order valence-electron chi connectivity index (χ4n) is 4.15. The minimum Gasteiger partial charge on any atom is -0.322 e. The van der Waals surface area contributed by atoms with Crippen LogP contribution in [-0.4, -0.2) is 16.3 Å². The van der Waals surface area contributed by atoms with E-state index in [1.54, 1.807) is 4.57 Å². The second-order valence-electron chi connectivity index (χ2n) is 8.84. The number of nitrogens with zero attached hydrogens (tertiary/aromatic N) is 1. The molecule has 0 bridgehead atoms. The number of hydrogen-bond acceptors (Lipinski definition) is 3. The molecule has 1 aliphatic rings. The van der Waals surface area contributed by atoms with Gasteiger partial charge in [0.2, 0.25) is 0 Å². The highest BCUT2D eigenvalue weighted by molar-refractivity contribution is 6.06. The van der Waals surface area contributed by atoms with Crippen LogP contribution in [0, 0.1) is 13.8 Å². The first-order valence-electron chi connectivity index (χ1n) is 11.1. The molecule has 2 aromatic carbocycles. The minimum atomic E-state index is -0.507. The molecule has 0 unspecified atom stereocenters. The number of rotatable bonds is 4. The van der Waals surface area contributed by atoms with Crippen molar-refractivity contribution in [2.75, 3.05) is 5.32 Å². The molecule has 3 aromatic rings. The van der Waals surface area contributed by atoms with Gasteiger partial charge >= 0.3 is 0 Å². The smallest absolute Gasteiger partial charge is 0.268 e. The summed E-state index contributed by atoms with van der Waals surface area (Å²) in [6, 6.07) is 14.9. The van der Waals surface area contributed by atoms with E-state index < -0.39 is 11.5 Å². The Kier molecular flexibility index (Phi) is 5.83. The lowest BCUT2D eigenvalue weighted by atomic mass is 9.92. The van der Waals surface area contributed by atoms with Crippen molar-refractivity contribution < 1.29 is 9.59 Å². The maximum Gasteiger partial charge on any atom is 0.268 e. The van der Waals surface area contributed by atoms with Gasteiger partial charge in [-0.15, -0.1) is 0 Å². The van der Waals surface area contributed by atoms with Gasteiger partial charge in [-0.3, -0.25) is 19.0 Å². The van der Waals surface area contributed by atoms with Crippen LogP contribution in [0.3, 0.4) is 0 Å². The lowest BCUT2D eigenvalue weighted by molar-refractivity contribution is 0.0971. The Morgan fingerprint density at radius 3 is 2.31 bits per heavy atom. The van der Waals surface area contributed by atoms with Crippen LogP contribution in [0.5, 0.6) is 0 Å². The largest absolute Gasteiger partial charge is 0.322 e. The molecule has 0 atom stereocenters. The van der Waals surface area contributed by atoms with Crippen molar-refractivity contribution >= 4 is 17.4 Å².